The lowest BCUT2D eigenvalue weighted by Gasteiger charge is -2.23. The van der Waals surface area contributed by atoms with Crippen molar-refractivity contribution in [2.75, 3.05) is 0 Å². The first kappa shape index (κ1) is 15.7. The molecular formula is C12H18Br2N2O2. The Hall–Kier alpha value is -0.330. The van der Waals surface area contributed by atoms with Crippen molar-refractivity contribution in [1.82, 2.24) is 10.6 Å². The average Bonchev–Trinajstić information content (AvgIpc) is 2.52. The van der Waals surface area contributed by atoms with Crippen LogP contribution in [0.4, 0.5) is 0 Å². The van der Waals surface area contributed by atoms with E-state index in [1.54, 1.807) is 0 Å². The molecule has 0 radical (unpaired) electrons. The van der Waals surface area contributed by atoms with Crippen LogP contribution in [0.2, 0.25) is 0 Å². The van der Waals surface area contributed by atoms with E-state index in [2.05, 4.69) is 42.5 Å². The van der Waals surface area contributed by atoms with Crippen molar-refractivity contribution in [3.63, 3.8) is 0 Å². The lowest BCUT2D eigenvalue weighted by Crippen LogP contribution is -2.49. The van der Waals surface area contributed by atoms with Crippen molar-refractivity contribution in [2.45, 2.75) is 45.8 Å². The van der Waals surface area contributed by atoms with Gasteiger partial charge in [0.05, 0.1) is 17.1 Å². The second-order valence-electron chi connectivity index (χ2n) is 5.18. The first-order valence-electron chi connectivity index (χ1n) is 5.68. The van der Waals surface area contributed by atoms with Crippen molar-refractivity contribution in [3.8, 4) is 0 Å². The maximum atomic E-state index is 11.8. The molecule has 1 unspecified atom stereocenters. The van der Waals surface area contributed by atoms with Crippen LogP contribution in [0.15, 0.2) is 19.6 Å². The molecule has 0 saturated carbocycles. The molecule has 1 aromatic rings. The fraction of sp³-hybridized carbons (Fsp3) is 0.583. The molecule has 1 amide bonds. The number of hydrogen-bond acceptors (Lipinski definition) is 3. The van der Waals surface area contributed by atoms with Gasteiger partial charge >= 0.3 is 0 Å². The Morgan fingerprint density at radius 2 is 2.06 bits per heavy atom. The summed E-state index contributed by atoms with van der Waals surface area (Å²) in [6.45, 7) is 8.20. The number of furan rings is 1. The topological polar surface area (TPSA) is 54.3 Å². The number of carbonyl (C=O) groups excluding carboxylic acids is 1. The molecule has 1 heterocycles. The molecule has 0 saturated heterocycles. The predicted molar refractivity (Wildman–Crippen MR) is 78.3 cm³/mol. The number of halogens is 2. The van der Waals surface area contributed by atoms with Crippen LogP contribution < -0.4 is 10.6 Å². The molecule has 1 rings (SSSR count). The SMILES string of the molecule is CC(NCc1cc(Br)c(Br)o1)C(=O)NC(C)(C)C. The Kier molecular flexibility index (Phi) is 5.43. The van der Waals surface area contributed by atoms with Gasteiger partial charge < -0.3 is 9.73 Å². The molecule has 0 aliphatic heterocycles. The summed E-state index contributed by atoms with van der Waals surface area (Å²) in [7, 11) is 0. The zero-order valence-electron chi connectivity index (χ0n) is 10.9. The van der Waals surface area contributed by atoms with E-state index in [1.807, 2.05) is 33.8 Å². The number of rotatable bonds is 4. The molecule has 0 aromatic carbocycles. The van der Waals surface area contributed by atoms with Crippen molar-refractivity contribution in [3.05, 3.63) is 21.0 Å². The summed E-state index contributed by atoms with van der Waals surface area (Å²) >= 11 is 6.62. The van der Waals surface area contributed by atoms with Crippen molar-refractivity contribution in [1.29, 1.82) is 0 Å². The molecule has 6 heteroatoms. The third-order valence-electron chi connectivity index (χ3n) is 2.17. The molecule has 0 spiro atoms. The quantitative estimate of drug-likeness (QED) is 0.841. The minimum absolute atomic E-state index is 0.0211. The molecule has 2 N–H and O–H groups in total. The zero-order valence-corrected chi connectivity index (χ0v) is 14.1. The van der Waals surface area contributed by atoms with E-state index in [9.17, 15) is 4.79 Å². The molecular weight excluding hydrogens is 364 g/mol. The van der Waals surface area contributed by atoms with Crippen LogP contribution in [0.25, 0.3) is 0 Å². The van der Waals surface area contributed by atoms with Gasteiger partial charge in [-0.15, -0.1) is 0 Å². The molecule has 0 aliphatic rings. The third-order valence-corrected chi connectivity index (χ3v) is 3.88. The molecule has 0 fully saturated rings. The van der Waals surface area contributed by atoms with E-state index < -0.39 is 0 Å². The minimum atomic E-state index is -0.271. The van der Waals surface area contributed by atoms with Crippen LogP contribution >= 0.6 is 31.9 Å². The summed E-state index contributed by atoms with van der Waals surface area (Å²) in [6, 6.07) is 1.60. The lowest BCUT2D eigenvalue weighted by atomic mass is 10.1. The van der Waals surface area contributed by atoms with Crippen LogP contribution in [-0.4, -0.2) is 17.5 Å². The lowest BCUT2D eigenvalue weighted by molar-refractivity contribution is -0.124. The Morgan fingerprint density at radius 1 is 1.44 bits per heavy atom. The summed E-state index contributed by atoms with van der Waals surface area (Å²) in [5.74, 6) is 0.747. The highest BCUT2D eigenvalue weighted by Crippen LogP contribution is 2.26. The van der Waals surface area contributed by atoms with Gasteiger partial charge in [-0.05, 0) is 65.6 Å². The maximum Gasteiger partial charge on any atom is 0.237 e. The molecule has 18 heavy (non-hydrogen) atoms. The van der Waals surface area contributed by atoms with Gasteiger partial charge in [0.2, 0.25) is 5.91 Å². The monoisotopic (exact) mass is 380 g/mol. The number of nitrogens with one attached hydrogen (secondary N) is 2. The molecule has 1 aromatic heterocycles. The largest absolute Gasteiger partial charge is 0.452 e. The van der Waals surface area contributed by atoms with Crippen LogP contribution in [-0.2, 0) is 11.3 Å². The van der Waals surface area contributed by atoms with Crippen molar-refractivity contribution < 1.29 is 9.21 Å². The molecule has 1 atom stereocenters. The second-order valence-corrected chi connectivity index (χ2v) is 6.75. The van der Waals surface area contributed by atoms with E-state index in [0.29, 0.717) is 11.2 Å². The number of hydrogen-bond donors (Lipinski definition) is 2. The Bertz CT molecular complexity index is 405. The third kappa shape index (κ3) is 5.12. The van der Waals surface area contributed by atoms with Gasteiger partial charge in [0.25, 0.3) is 0 Å². The molecule has 4 nitrogen and oxygen atoms in total. The molecule has 0 bridgehead atoms. The van der Waals surface area contributed by atoms with E-state index in [0.717, 1.165) is 10.2 Å². The maximum absolute atomic E-state index is 11.8. The summed E-state index contributed by atoms with van der Waals surface area (Å²) in [5, 5.41) is 6.04. The Morgan fingerprint density at radius 3 is 2.50 bits per heavy atom. The van der Waals surface area contributed by atoms with E-state index in [-0.39, 0.29) is 17.5 Å². The highest BCUT2D eigenvalue weighted by molar-refractivity contribution is 9.13. The summed E-state index contributed by atoms with van der Waals surface area (Å²) in [4.78, 5) is 11.8. The van der Waals surface area contributed by atoms with Crippen LogP contribution in [0.3, 0.4) is 0 Å². The predicted octanol–water partition coefficient (Wildman–Crippen LogP) is 3.20. The Labute approximate surface area is 124 Å². The number of amides is 1. The minimum Gasteiger partial charge on any atom is -0.452 e. The van der Waals surface area contributed by atoms with Gasteiger partial charge in [-0.1, -0.05) is 0 Å². The fourth-order valence-corrected chi connectivity index (χ4v) is 1.96. The molecule has 0 aliphatic carbocycles. The Balaban J connectivity index is 2.46. The van der Waals surface area contributed by atoms with Gasteiger partial charge in [0, 0.05) is 5.54 Å². The summed E-state index contributed by atoms with van der Waals surface area (Å²) in [5.41, 5.74) is -0.218. The normalized spacial score (nSPS) is 13.4. The smallest absolute Gasteiger partial charge is 0.237 e. The zero-order chi connectivity index (χ0) is 13.9. The highest BCUT2D eigenvalue weighted by atomic mass is 79.9. The fourth-order valence-electron chi connectivity index (χ4n) is 1.30. The standard InChI is InChI=1S/C12H18Br2N2O2/c1-7(11(17)16-12(2,3)4)15-6-8-5-9(13)10(14)18-8/h5,7,15H,6H2,1-4H3,(H,16,17). The van der Waals surface area contributed by atoms with Gasteiger partial charge in [-0.2, -0.15) is 0 Å². The van der Waals surface area contributed by atoms with Gasteiger partial charge in [-0.25, -0.2) is 0 Å². The first-order chi connectivity index (χ1) is 8.19. The van der Waals surface area contributed by atoms with E-state index in [4.69, 9.17) is 4.42 Å². The summed E-state index contributed by atoms with van der Waals surface area (Å²) < 4.78 is 6.95. The second kappa shape index (κ2) is 6.21. The van der Waals surface area contributed by atoms with Gasteiger partial charge in [-0.3, -0.25) is 10.1 Å². The van der Waals surface area contributed by atoms with Crippen LogP contribution in [0.5, 0.6) is 0 Å². The van der Waals surface area contributed by atoms with E-state index in [1.165, 1.54) is 0 Å². The van der Waals surface area contributed by atoms with Crippen LogP contribution in [0, 0.1) is 0 Å². The van der Waals surface area contributed by atoms with Crippen LogP contribution in [0.1, 0.15) is 33.5 Å². The van der Waals surface area contributed by atoms with Crippen molar-refractivity contribution >= 4 is 37.8 Å². The molecule has 102 valence electrons. The average molecular weight is 382 g/mol. The first-order valence-corrected chi connectivity index (χ1v) is 7.27. The van der Waals surface area contributed by atoms with Crippen molar-refractivity contribution in [2.24, 2.45) is 0 Å². The summed E-state index contributed by atoms with van der Waals surface area (Å²) in [6.07, 6.45) is 0. The number of carbonyl (C=O) groups is 1. The van der Waals surface area contributed by atoms with E-state index >= 15 is 0 Å². The van der Waals surface area contributed by atoms with Gasteiger partial charge in [0.15, 0.2) is 4.67 Å². The van der Waals surface area contributed by atoms with Gasteiger partial charge in [0.1, 0.15) is 5.76 Å². The highest BCUT2D eigenvalue weighted by Gasteiger charge is 2.19.